The summed E-state index contributed by atoms with van der Waals surface area (Å²) in [6, 6.07) is 16.7. The van der Waals surface area contributed by atoms with E-state index >= 15 is 0 Å². The molecule has 0 atom stereocenters. The Morgan fingerprint density at radius 2 is 1.54 bits per heavy atom. The summed E-state index contributed by atoms with van der Waals surface area (Å²) in [4.78, 5) is 19.3. The topological polar surface area (TPSA) is 50.9 Å². The van der Waals surface area contributed by atoms with Crippen LogP contribution in [0.5, 0.6) is 0 Å². The van der Waals surface area contributed by atoms with E-state index in [9.17, 15) is 18.0 Å². The molecule has 39 heavy (non-hydrogen) atoms. The molecule has 1 amide bonds. The van der Waals surface area contributed by atoms with Crippen molar-refractivity contribution >= 4 is 17.3 Å². The molecule has 3 aliphatic heterocycles. The average Bonchev–Trinajstić information content (AvgIpc) is 2.95. The number of rotatable bonds is 6. The maximum atomic E-state index is 13.5. The van der Waals surface area contributed by atoms with Crippen molar-refractivity contribution in [2.45, 2.75) is 33.0 Å². The number of carbonyl (C=O) groups excluding carboxylic acids is 1. The van der Waals surface area contributed by atoms with Crippen LogP contribution in [0.2, 0.25) is 0 Å². The summed E-state index contributed by atoms with van der Waals surface area (Å²) in [5.74, 6) is -0.436. The van der Waals surface area contributed by atoms with Gasteiger partial charge in [-0.1, -0.05) is 36.8 Å². The normalized spacial score (nSPS) is 17.4. The number of anilines is 2. The van der Waals surface area contributed by atoms with Crippen LogP contribution in [0.3, 0.4) is 0 Å². The summed E-state index contributed by atoms with van der Waals surface area (Å²) in [5.41, 5.74) is 4.37. The summed E-state index contributed by atoms with van der Waals surface area (Å²) in [6.07, 6.45) is 1.05. The van der Waals surface area contributed by atoms with Gasteiger partial charge in [0.1, 0.15) is 5.70 Å². The molecule has 2 aromatic carbocycles. The van der Waals surface area contributed by atoms with Crippen LogP contribution in [0.25, 0.3) is 0 Å². The predicted octanol–water partition coefficient (Wildman–Crippen LogP) is 5.32. The van der Waals surface area contributed by atoms with E-state index in [2.05, 4.69) is 63.8 Å². The van der Waals surface area contributed by atoms with E-state index in [0.717, 1.165) is 43.5 Å². The quantitative estimate of drug-likeness (QED) is 0.524. The van der Waals surface area contributed by atoms with Crippen molar-refractivity contribution in [1.82, 2.24) is 15.5 Å². The smallest absolute Gasteiger partial charge is 0.368 e. The molecule has 9 heteroatoms. The summed E-state index contributed by atoms with van der Waals surface area (Å²) in [5, 5.41) is 5.78. The molecule has 0 saturated carbocycles. The monoisotopic (exact) mass is 535 g/mol. The molecule has 0 aliphatic carbocycles. The third-order valence-corrected chi connectivity index (χ3v) is 7.25. The molecule has 0 spiro atoms. The summed E-state index contributed by atoms with van der Waals surface area (Å²) in [7, 11) is 0. The lowest BCUT2D eigenvalue weighted by atomic mass is 10.0. The molecule has 0 bridgehead atoms. The lowest BCUT2D eigenvalue weighted by Gasteiger charge is -2.37. The Morgan fingerprint density at radius 1 is 0.949 bits per heavy atom. The van der Waals surface area contributed by atoms with Gasteiger partial charge in [0.15, 0.2) is 0 Å². The Morgan fingerprint density at radius 3 is 2.10 bits per heavy atom. The average molecular weight is 536 g/mol. The molecular weight excluding hydrogens is 503 g/mol. The fourth-order valence-electron chi connectivity index (χ4n) is 5.06. The highest BCUT2D eigenvalue weighted by molar-refractivity contribution is 5.94. The number of carbonyl (C=O) groups is 1. The van der Waals surface area contributed by atoms with Gasteiger partial charge in [0.05, 0.1) is 11.3 Å². The second-order valence-electron chi connectivity index (χ2n) is 9.80. The van der Waals surface area contributed by atoms with Crippen LogP contribution < -0.4 is 20.4 Å². The van der Waals surface area contributed by atoms with Crippen molar-refractivity contribution in [2.75, 3.05) is 36.0 Å². The Labute approximate surface area is 226 Å². The highest BCUT2D eigenvalue weighted by Crippen LogP contribution is 2.38. The second-order valence-corrected chi connectivity index (χ2v) is 9.80. The lowest BCUT2D eigenvalue weighted by Crippen LogP contribution is -2.46. The Balaban J connectivity index is 1.19. The first-order chi connectivity index (χ1) is 18.7. The molecule has 3 heterocycles. The molecule has 3 aliphatic rings. The minimum Gasteiger partial charge on any atom is -0.368 e. The molecule has 5 rings (SSSR count). The van der Waals surface area contributed by atoms with Crippen LogP contribution in [0.15, 0.2) is 95.7 Å². The van der Waals surface area contributed by atoms with Crippen molar-refractivity contribution < 1.29 is 18.0 Å². The number of halogens is 3. The number of aryl methyl sites for hydroxylation is 1. The van der Waals surface area contributed by atoms with Gasteiger partial charge in [0.2, 0.25) is 0 Å². The number of amides is 1. The molecule has 1 saturated heterocycles. The minimum absolute atomic E-state index is 0.0980. The fraction of sp³-hybridized carbons (Fsp3) is 0.300. The van der Waals surface area contributed by atoms with Gasteiger partial charge in [-0.15, -0.1) is 0 Å². The number of hydrogen-bond acceptors (Lipinski definition) is 5. The van der Waals surface area contributed by atoms with Crippen LogP contribution in [0.1, 0.15) is 24.5 Å². The lowest BCUT2D eigenvalue weighted by molar-refractivity contribution is -0.119. The third-order valence-electron chi connectivity index (χ3n) is 7.25. The van der Waals surface area contributed by atoms with E-state index in [0.29, 0.717) is 12.1 Å². The van der Waals surface area contributed by atoms with E-state index in [1.807, 2.05) is 19.1 Å². The number of nitrogens with zero attached hydrogens (tertiary/aromatic N) is 3. The van der Waals surface area contributed by atoms with Crippen LogP contribution in [-0.2, 0) is 11.3 Å². The van der Waals surface area contributed by atoms with Gasteiger partial charge in [0.25, 0.3) is 5.91 Å². The zero-order valence-corrected chi connectivity index (χ0v) is 22.1. The SMILES string of the molecule is CCC1=C(C(=O)NCc2ccc(N3CCN(c4ccc(C)cc4)CC3)cc2)N2C=CC=C(C(F)(F)F)C2=CN1. The first kappa shape index (κ1) is 26.5. The fourth-order valence-corrected chi connectivity index (χ4v) is 5.06. The molecule has 2 aromatic rings. The number of hydrogen-bond donors (Lipinski definition) is 2. The van der Waals surface area contributed by atoms with Gasteiger partial charge < -0.3 is 25.3 Å². The van der Waals surface area contributed by atoms with Crippen molar-refractivity contribution in [1.29, 1.82) is 0 Å². The summed E-state index contributed by atoms with van der Waals surface area (Å²) >= 11 is 0. The molecule has 0 radical (unpaired) electrons. The summed E-state index contributed by atoms with van der Waals surface area (Å²) in [6.45, 7) is 7.92. The first-order valence-corrected chi connectivity index (χ1v) is 13.1. The Kier molecular flexibility index (Phi) is 7.41. The van der Waals surface area contributed by atoms with Crippen molar-refractivity contribution in [3.05, 3.63) is 107 Å². The third kappa shape index (κ3) is 5.67. The van der Waals surface area contributed by atoms with Crippen LogP contribution in [0.4, 0.5) is 24.5 Å². The predicted molar refractivity (Wildman–Crippen MR) is 148 cm³/mol. The molecular formula is C30H32F3N5O. The van der Waals surface area contributed by atoms with Gasteiger partial charge in [-0.2, -0.15) is 13.2 Å². The number of nitrogens with one attached hydrogen (secondary N) is 2. The van der Waals surface area contributed by atoms with E-state index in [1.165, 1.54) is 34.6 Å². The maximum Gasteiger partial charge on any atom is 0.418 e. The van der Waals surface area contributed by atoms with Crippen molar-refractivity contribution in [2.24, 2.45) is 0 Å². The van der Waals surface area contributed by atoms with Crippen LogP contribution in [0, 0.1) is 6.92 Å². The molecule has 0 aromatic heterocycles. The van der Waals surface area contributed by atoms with E-state index in [4.69, 9.17) is 0 Å². The minimum atomic E-state index is -4.53. The van der Waals surface area contributed by atoms with Gasteiger partial charge in [-0.3, -0.25) is 4.79 Å². The van der Waals surface area contributed by atoms with E-state index in [1.54, 1.807) is 0 Å². The number of fused-ring (bicyclic) bond motifs is 1. The van der Waals surface area contributed by atoms with Gasteiger partial charge in [-0.25, -0.2) is 0 Å². The Hall–Kier alpha value is -4.14. The molecule has 204 valence electrons. The zero-order chi connectivity index (χ0) is 27.6. The number of benzene rings is 2. The van der Waals surface area contributed by atoms with Crippen molar-refractivity contribution in [3.8, 4) is 0 Å². The van der Waals surface area contributed by atoms with E-state index in [-0.39, 0.29) is 17.9 Å². The van der Waals surface area contributed by atoms with Gasteiger partial charge in [0, 0.05) is 62.2 Å². The van der Waals surface area contributed by atoms with Crippen molar-refractivity contribution in [3.63, 3.8) is 0 Å². The number of allylic oxidation sites excluding steroid dienone is 4. The maximum absolute atomic E-state index is 13.5. The number of alkyl halides is 3. The standard InChI is InChI=1S/C30H32F3N5O/c1-3-26-28(38-14-4-5-25(30(31,32)33)27(38)20-34-26)29(39)35-19-22-8-12-24(13-9-22)37-17-15-36(16-18-37)23-10-6-21(2)7-11-23/h4-14,20,34H,3,15-19H2,1-2H3,(H,35,39). The van der Waals surface area contributed by atoms with Gasteiger partial charge in [-0.05, 0) is 55.3 Å². The zero-order valence-electron chi connectivity index (χ0n) is 22.1. The number of piperazine rings is 1. The first-order valence-electron chi connectivity index (χ1n) is 13.1. The van der Waals surface area contributed by atoms with Crippen LogP contribution >= 0.6 is 0 Å². The molecule has 1 fully saturated rings. The van der Waals surface area contributed by atoms with E-state index < -0.39 is 17.7 Å². The van der Waals surface area contributed by atoms with Crippen LogP contribution in [-0.4, -0.2) is 43.2 Å². The molecule has 6 nitrogen and oxygen atoms in total. The largest absolute Gasteiger partial charge is 0.418 e. The molecule has 0 unspecified atom stereocenters. The molecule has 2 N–H and O–H groups in total. The highest BCUT2D eigenvalue weighted by Gasteiger charge is 2.41. The summed E-state index contributed by atoms with van der Waals surface area (Å²) < 4.78 is 40.6. The Bertz CT molecular complexity index is 1330. The second kappa shape index (κ2) is 10.9. The highest BCUT2D eigenvalue weighted by atomic mass is 19.4. The van der Waals surface area contributed by atoms with Gasteiger partial charge >= 0.3 is 6.18 Å².